The molecule has 22 heavy (non-hydrogen) atoms. The smallest absolute Gasteiger partial charge is 0.0910 e. The summed E-state index contributed by atoms with van der Waals surface area (Å²) in [5.41, 5.74) is 0.329. The van der Waals surface area contributed by atoms with Gasteiger partial charge in [0.25, 0.3) is 0 Å². The minimum absolute atomic E-state index is 0.0892. The van der Waals surface area contributed by atoms with Gasteiger partial charge in [-0.25, -0.2) is 0 Å². The fraction of sp³-hybridized carbons (Fsp3) is 0.800. The number of rotatable bonds is 4. The molecular weight excluding hydrogens is 272 g/mol. The first-order valence-corrected chi connectivity index (χ1v) is 8.76. The first-order valence-electron chi connectivity index (χ1n) is 8.76. The van der Waals surface area contributed by atoms with Crippen molar-refractivity contribution in [2.45, 2.75) is 77.9 Å². The number of allylic oxidation sites excluding steroid dienone is 2. The van der Waals surface area contributed by atoms with Gasteiger partial charge < -0.3 is 10.2 Å². The number of fused-ring (bicyclic) bond motifs is 1. The zero-order valence-electron chi connectivity index (χ0n) is 14.9. The van der Waals surface area contributed by atoms with Crippen LogP contribution in [0.15, 0.2) is 24.8 Å². The molecule has 0 aromatic carbocycles. The van der Waals surface area contributed by atoms with E-state index in [0.717, 1.165) is 31.3 Å². The summed E-state index contributed by atoms with van der Waals surface area (Å²) in [6.07, 6.45) is 7.19. The van der Waals surface area contributed by atoms with Gasteiger partial charge in [0.05, 0.1) is 11.7 Å². The minimum atomic E-state index is -1.01. The van der Waals surface area contributed by atoms with Crippen molar-refractivity contribution in [3.05, 3.63) is 24.8 Å². The van der Waals surface area contributed by atoms with Crippen molar-refractivity contribution in [1.82, 2.24) is 0 Å². The van der Waals surface area contributed by atoms with E-state index in [0.29, 0.717) is 5.92 Å². The summed E-state index contributed by atoms with van der Waals surface area (Å²) >= 11 is 0. The average molecular weight is 306 g/mol. The number of aliphatic hydroxyl groups excluding tert-OH is 1. The summed E-state index contributed by atoms with van der Waals surface area (Å²) in [7, 11) is 0. The standard InChI is InChI=1S/C20H34O2/c1-7-14(2)9-10-15-19(5)12-8-11-18(3,4)16(19)13-17(21)20(15,6)22/h7,15-17,21-22H,1-2,8-13H2,3-6H3/t15-,16-,17-,19+,20-/m1/s1. The molecule has 0 saturated heterocycles. The van der Waals surface area contributed by atoms with Crippen LogP contribution in [0, 0.1) is 22.7 Å². The van der Waals surface area contributed by atoms with Crippen LogP contribution in [0.25, 0.3) is 0 Å². The Bertz CT molecular complexity index is 449. The SMILES string of the molecule is C=CC(=C)CC[C@H]1[C@@](C)(O)[C@H](O)C[C@@H]2C(C)(C)CCC[C@]21C. The maximum Gasteiger partial charge on any atom is 0.0910 e. The predicted octanol–water partition coefficient (Wildman–Crippen LogP) is 4.47. The third kappa shape index (κ3) is 2.80. The predicted molar refractivity (Wildman–Crippen MR) is 92.5 cm³/mol. The van der Waals surface area contributed by atoms with Crippen molar-refractivity contribution in [3.8, 4) is 0 Å². The molecule has 0 aliphatic heterocycles. The van der Waals surface area contributed by atoms with E-state index in [-0.39, 0.29) is 16.7 Å². The summed E-state index contributed by atoms with van der Waals surface area (Å²) in [4.78, 5) is 0. The molecule has 2 saturated carbocycles. The highest BCUT2D eigenvalue weighted by Gasteiger charge is 2.60. The molecule has 0 aromatic heterocycles. The first-order chi connectivity index (χ1) is 10.1. The molecule has 2 nitrogen and oxygen atoms in total. The van der Waals surface area contributed by atoms with Crippen molar-refractivity contribution in [2.24, 2.45) is 22.7 Å². The number of aliphatic hydroxyl groups is 2. The summed E-state index contributed by atoms with van der Waals surface area (Å²) in [6.45, 7) is 16.7. The van der Waals surface area contributed by atoms with E-state index in [2.05, 4.69) is 33.9 Å². The van der Waals surface area contributed by atoms with Gasteiger partial charge in [-0.05, 0) is 61.7 Å². The van der Waals surface area contributed by atoms with Gasteiger partial charge in [0.2, 0.25) is 0 Å². The molecule has 2 rings (SSSR count). The molecule has 0 amide bonds. The van der Waals surface area contributed by atoms with Crippen LogP contribution in [-0.2, 0) is 0 Å². The fourth-order valence-electron chi connectivity index (χ4n) is 5.59. The van der Waals surface area contributed by atoms with Gasteiger partial charge in [0.15, 0.2) is 0 Å². The molecule has 126 valence electrons. The van der Waals surface area contributed by atoms with Crippen LogP contribution in [0.4, 0.5) is 0 Å². The topological polar surface area (TPSA) is 40.5 Å². The van der Waals surface area contributed by atoms with Crippen molar-refractivity contribution < 1.29 is 10.2 Å². The van der Waals surface area contributed by atoms with Crippen LogP contribution >= 0.6 is 0 Å². The van der Waals surface area contributed by atoms with Gasteiger partial charge in [-0.3, -0.25) is 0 Å². The fourth-order valence-corrected chi connectivity index (χ4v) is 5.59. The molecule has 0 bridgehead atoms. The van der Waals surface area contributed by atoms with E-state index in [1.54, 1.807) is 6.08 Å². The summed E-state index contributed by atoms with van der Waals surface area (Å²) in [5.74, 6) is 0.566. The van der Waals surface area contributed by atoms with Crippen LogP contribution in [0.3, 0.4) is 0 Å². The molecule has 5 atom stereocenters. The van der Waals surface area contributed by atoms with E-state index in [9.17, 15) is 10.2 Å². The molecule has 2 aliphatic rings. The Labute approximate surface area is 136 Å². The maximum atomic E-state index is 11.1. The minimum Gasteiger partial charge on any atom is -0.390 e. The Balaban J connectivity index is 2.35. The van der Waals surface area contributed by atoms with Gasteiger partial charge in [-0.1, -0.05) is 52.0 Å². The van der Waals surface area contributed by atoms with Gasteiger partial charge in [-0.15, -0.1) is 0 Å². The van der Waals surface area contributed by atoms with E-state index < -0.39 is 11.7 Å². The Hall–Kier alpha value is -0.600. The lowest BCUT2D eigenvalue weighted by molar-refractivity contribution is -0.220. The van der Waals surface area contributed by atoms with Gasteiger partial charge in [-0.2, -0.15) is 0 Å². The second-order valence-electron chi connectivity index (χ2n) is 8.83. The van der Waals surface area contributed by atoms with E-state index >= 15 is 0 Å². The Morgan fingerprint density at radius 2 is 1.86 bits per heavy atom. The van der Waals surface area contributed by atoms with Crippen molar-refractivity contribution in [2.75, 3.05) is 0 Å². The molecule has 2 aliphatic carbocycles. The van der Waals surface area contributed by atoms with E-state index in [1.807, 2.05) is 6.92 Å². The molecular formula is C20H34O2. The highest BCUT2D eigenvalue weighted by molar-refractivity contribution is 5.14. The average Bonchev–Trinajstić information content (AvgIpc) is 2.40. The second kappa shape index (κ2) is 5.79. The first kappa shape index (κ1) is 17.7. The third-order valence-electron chi connectivity index (χ3n) is 6.95. The summed E-state index contributed by atoms with van der Waals surface area (Å²) < 4.78 is 0. The normalized spacial score (nSPS) is 44.2. The van der Waals surface area contributed by atoms with Crippen LogP contribution in [0.1, 0.15) is 66.2 Å². The zero-order valence-corrected chi connectivity index (χ0v) is 14.9. The highest BCUT2D eigenvalue weighted by Crippen LogP contribution is 2.62. The lowest BCUT2D eigenvalue weighted by Gasteiger charge is -2.62. The van der Waals surface area contributed by atoms with E-state index in [1.165, 1.54) is 12.8 Å². The monoisotopic (exact) mass is 306 g/mol. The maximum absolute atomic E-state index is 11.1. The van der Waals surface area contributed by atoms with Crippen molar-refractivity contribution >= 4 is 0 Å². The highest BCUT2D eigenvalue weighted by atomic mass is 16.3. The Morgan fingerprint density at radius 1 is 1.23 bits per heavy atom. The van der Waals surface area contributed by atoms with Crippen molar-refractivity contribution in [3.63, 3.8) is 0 Å². The second-order valence-corrected chi connectivity index (χ2v) is 8.83. The Morgan fingerprint density at radius 3 is 2.45 bits per heavy atom. The lowest BCUT2D eigenvalue weighted by atomic mass is 9.44. The molecule has 0 aromatic rings. The number of hydrogen-bond acceptors (Lipinski definition) is 2. The largest absolute Gasteiger partial charge is 0.390 e. The summed E-state index contributed by atoms with van der Waals surface area (Å²) in [5, 5.41) is 21.7. The van der Waals surface area contributed by atoms with Gasteiger partial charge in [0.1, 0.15) is 0 Å². The lowest BCUT2D eigenvalue weighted by Crippen LogP contribution is -2.63. The summed E-state index contributed by atoms with van der Waals surface area (Å²) in [6, 6.07) is 0. The molecule has 0 unspecified atom stereocenters. The molecule has 0 heterocycles. The van der Waals surface area contributed by atoms with Gasteiger partial charge in [0, 0.05) is 0 Å². The molecule has 0 spiro atoms. The van der Waals surface area contributed by atoms with Crippen LogP contribution in [0.5, 0.6) is 0 Å². The molecule has 2 heteroatoms. The van der Waals surface area contributed by atoms with Crippen LogP contribution in [-0.4, -0.2) is 21.9 Å². The van der Waals surface area contributed by atoms with Crippen molar-refractivity contribution in [1.29, 1.82) is 0 Å². The molecule has 0 radical (unpaired) electrons. The quantitative estimate of drug-likeness (QED) is 0.752. The third-order valence-corrected chi connectivity index (χ3v) is 6.95. The van der Waals surface area contributed by atoms with Crippen LogP contribution in [0.2, 0.25) is 0 Å². The van der Waals surface area contributed by atoms with E-state index in [4.69, 9.17) is 0 Å². The number of hydrogen-bond donors (Lipinski definition) is 2. The molecule has 2 N–H and O–H groups in total. The van der Waals surface area contributed by atoms with Gasteiger partial charge >= 0.3 is 0 Å². The molecule has 2 fully saturated rings. The van der Waals surface area contributed by atoms with Crippen LogP contribution < -0.4 is 0 Å². The Kier molecular flexibility index (Phi) is 4.68. The zero-order chi connectivity index (χ0) is 16.8.